The summed E-state index contributed by atoms with van der Waals surface area (Å²) < 4.78 is 0. The Bertz CT molecular complexity index is 249. The summed E-state index contributed by atoms with van der Waals surface area (Å²) in [6, 6.07) is 2.50. The van der Waals surface area contributed by atoms with Crippen molar-refractivity contribution in [2.24, 2.45) is 0 Å². The average molecular weight is 238 g/mol. The number of hydrogen-bond donors (Lipinski definition) is 1. The second kappa shape index (κ2) is 6.95. The number of nitrogens with zero attached hydrogens (tertiary/aromatic N) is 3. The third-order valence-corrected chi connectivity index (χ3v) is 3.62. The highest BCUT2D eigenvalue weighted by Gasteiger charge is 2.33. The monoisotopic (exact) mass is 238 g/mol. The number of hydrogen-bond acceptors (Lipinski definition) is 4. The van der Waals surface area contributed by atoms with Gasteiger partial charge in [-0.1, -0.05) is 6.92 Å². The Labute approximate surface area is 106 Å². The minimum absolute atomic E-state index is 0.266. The molecule has 0 atom stereocenters. The molecule has 0 radical (unpaired) electrons. The minimum Gasteiger partial charge on any atom is -0.309 e. The molecule has 0 aliphatic carbocycles. The van der Waals surface area contributed by atoms with Crippen LogP contribution in [0.4, 0.5) is 0 Å². The Morgan fingerprint density at radius 3 is 2.47 bits per heavy atom. The van der Waals surface area contributed by atoms with E-state index in [4.69, 9.17) is 0 Å². The zero-order chi connectivity index (χ0) is 12.7. The predicted octanol–water partition coefficient (Wildman–Crippen LogP) is 0.906. The predicted molar refractivity (Wildman–Crippen MR) is 70.9 cm³/mol. The van der Waals surface area contributed by atoms with E-state index >= 15 is 0 Å². The first-order valence-corrected chi connectivity index (χ1v) is 6.65. The Hall–Kier alpha value is -0.630. The van der Waals surface area contributed by atoms with Gasteiger partial charge in [-0.3, -0.25) is 5.32 Å². The quantitative estimate of drug-likeness (QED) is 0.698. The van der Waals surface area contributed by atoms with Crippen LogP contribution in [0.15, 0.2) is 0 Å². The molecular formula is C13H26N4. The maximum absolute atomic E-state index is 9.37. The van der Waals surface area contributed by atoms with Gasteiger partial charge in [-0.25, -0.2) is 0 Å². The van der Waals surface area contributed by atoms with Crippen LogP contribution >= 0.6 is 0 Å². The second-order valence-electron chi connectivity index (χ2n) is 5.21. The first-order valence-electron chi connectivity index (χ1n) is 6.65. The van der Waals surface area contributed by atoms with Gasteiger partial charge in [0.2, 0.25) is 0 Å². The van der Waals surface area contributed by atoms with Crippen molar-refractivity contribution in [2.45, 2.75) is 31.7 Å². The fourth-order valence-corrected chi connectivity index (χ4v) is 2.30. The molecule has 0 saturated carbocycles. The molecule has 1 N–H and O–H groups in total. The molecule has 1 aliphatic heterocycles. The van der Waals surface area contributed by atoms with E-state index in [-0.39, 0.29) is 5.54 Å². The summed E-state index contributed by atoms with van der Waals surface area (Å²) in [4.78, 5) is 4.59. The van der Waals surface area contributed by atoms with Crippen molar-refractivity contribution in [1.29, 1.82) is 5.26 Å². The lowest BCUT2D eigenvalue weighted by atomic mass is 9.89. The summed E-state index contributed by atoms with van der Waals surface area (Å²) in [7, 11) is 4.17. The highest BCUT2D eigenvalue weighted by Crippen LogP contribution is 2.21. The maximum atomic E-state index is 9.37. The number of likely N-dealkylation sites (tertiary alicyclic amines) is 1. The van der Waals surface area contributed by atoms with Crippen LogP contribution < -0.4 is 5.32 Å². The Morgan fingerprint density at radius 2 is 2.00 bits per heavy atom. The molecular weight excluding hydrogens is 212 g/mol. The standard InChI is InChI=1S/C13H26N4/c1-4-17-10-6-13(12-14,7-11-17)15-8-5-9-16(2)3/h15H,4-11H2,1-3H3. The second-order valence-corrected chi connectivity index (χ2v) is 5.21. The van der Waals surface area contributed by atoms with Crippen molar-refractivity contribution < 1.29 is 0 Å². The lowest BCUT2D eigenvalue weighted by Crippen LogP contribution is -2.52. The van der Waals surface area contributed by atoms with Crippen LogP contribution in [0.3, 0.4) is 0 Å². The SMILES string of the molecule is CCN1CCC(C#N)(NCCCN(C)C)CC1. The van der Waals surface area contributed by atoms with E-state index in [1.165, 1.54) is 0 Å². The molecule has 0 bridgehead atoms. The lowest BCUT2D eigenvalue weighted by molar-refractivity contribution is 0.172. The smallest absolute Gasteiger partial charge is 0.109 e. The van der Waals surface area contributed by atoms with E-state index in [2.05, 4.69) is 42.2 Å². The van der Waals surface area contributed by atoms with E-state index in [0.29, 0.717) is 0 Å². The summed E-state index contributed by atoms with van der Waals surface area (Å²) in [6.07, 6.45) is 3.02. The molecule has 0 amide bonds. The number of nitrogens with one attached hydrogen (secondary N) is 1. The van der Waals surface area contributed by atoms with E-state index in [9.17, 15) is 5.26 Å². The molecule has 0 aromatic rings. The Kier molecular flexibility index (Phi) is 5.90. The highest BCUT2D eigenvalue weighted by atomic mass is 15.1. The van der Waals surface area contributed by atoms with Crippen molar-refractivity contribution in [3.63, 3.8) is 0 Å². The van der Waals surface area contributed by atoms with Gasteiger partial charge < -0.3 is 9.80 Å². The normalized spacial score (nSPS) is 20.4. The maximum Gasteiger partial charge on any atom is 0.109 e. The molecule has 4 nitrogen and oxygen atoms in total. The molecule has 1 heterocycles. The molecule has 17 heavy (non-hydrogen) atoms. The van der Waals surface area contributed by atoms with Gasteiger partial charge in [-0.2, -0.15) is 5.26 Å². The summed E-state index contributed by atoms with van der Waals surface area (Å²) in [6.45, 7) is 7.40. The van der Waals surface area contributed by atoms with Crippen LogP contribution in [-0.4, -0.2) is 62.2 Å². The van der Waals surface area contributed by atoms with Crippen molar-refractivity contribution in [2.75, 3.05) is 46.8 Å². The van der Waals surface area contributed by atoms with Gasteiger partial charge in [0, 0.05) is 13.1 Å². The molecule has 0 aromatic heterocycles. The first kappa shape index (κ1) is 14.4. The van der Waals surface area contributed by atoms with Crippen molar-refractivity contribution in [3.05, 3.63) is 0 Å². The van der Waals surface area contributed by atoms with Crippen molar-refractivity contribution in [3.8, 4) is 6.07 Å². The Balaban J connectivity index is 2.31. The minimum atomic E-state index is -0.266. The summed E-state index contributed by atoms with van der Waals surface area (Å²) in [5, 5.41) is 12.8. The number of piperidine rings is 1. The molecule has 98 valence electrons. The van der Waals surface area contributed by atoms with Gasteiger partial charge in [0.15, 0.2) is 0 Å². The average Bonchev–Trinajstić information content (AvgIpc) is 2.35. The van der Waals surface area contributed by atoms with Crippen LogP contribution in [-0.2, 0) is 0 Å². The molecule has 4 heteroatoms. The fraction of sp³-hybridized carbons (Fsp3) is 0.923. The van der Waals surface area contributed by atoms with E-state index in [1.807, 2.05) is 0 Å². The number of rotatable bonds is 6. The van der Waals surface area contributed by atoms with Gasteiger partial charge in [0.25, 0.3) is 0 Å². The van der Waals surface area contributed by atoms with E-state index < -0.39 is 0 Å². The fourth-order valence-electron chi connectivity index (χ4n) is 2.30. The first-order chi connectivity index (χ1) is 8.12. The summed E-state index contributed by atoms with van der Waals surface area (Å²) >= 11 is 0. The molecule has 0 aromatic carbocycles. The van der Waals surface area contributed by atoms with Crippen molar-refractivity contribution >= 4 is 0 Å². The number of nitriles is 1. The zero-order valence-electron chi connectivity index (χ0n) is 11.5. The van der Waals surface area contributed by atoms with Gasteiger partial charge in [0.1, 0.15) is 5.54 Å². The van der Waals surface area contributed by atoms with Crippen LogP contribution in [0.25, 0.3) is 0 Å². The third-order valence-electron chi connectivity index (χ3n) is 3.62. The summed E-state index contributed by atoms with van der Waals surface area (Å²) in [5.74, 6) is 0. The van der Waals surface area contributed by atoms with Gasteiger partial charge in [0.05, 0.1) is 6.07 Å². The highest BCUT2D eigenvalue weighted by molar-refractivity contribution is 5.09. The largest absolute Gasteiger partial charge is 0.309 e. The Morgan fingerprint density at radius 1 is 1.35 bits per heavy atom. The molecule has 0 spiro atoms. The molecule has 1 rings (SSSR count). The lowest BCUT2D eigenvalue weighted by Gasteiger charge is -2.37. The van der Waals surface area contributed by atoms with Crippen LogP contribution in [0.2, 0.25) is 0 Å². The van der Waals surface area contributed by atoms with Crippen LogP contribution in [0, 0.1) is 11.3 Å². The molecule has 0 unspecified atom stereocenters. The molecule has 1 saturated heterocycles. The van der Waals surface area contributed by atoms with Crippen LogP contribution in [0.1, 0.15) is 26.2 Å². The molecule has 1 fully saturated rings. The van der Waals surface area contributed by atoms with Crippen LogP contribution in [0.5, 0.6) is 0 Å². The van der Waals surface area contributed by atoms with Gasteiger partial charge >= 0.3 is 0 Å². The zero-order valence-corrected chi connectivity index (χ0v) is 11.5. The van der Waals surface area contributed by atoms with Gasteiger partial charge in [-0.15, -0.1) is 0 Å². The third kappa shape index (κ3) is 4.63. The van der Waals surface area contributed by atoms with E-state index in [1.54, 1.807) is 0 Å². The van der Waals surface area contributed by atoms with Crippen molar-refractivity contribution in [1.82, 2.24) is 15.1 Å². The topological polar surface area (TPSA) is 42.3 Å². The summed E-state index contributed by atoms with van der Waals surface area (Å²) in [5.41, 5.74) is -0.266. The van der Waals surface area contributed by atoms with E-state index in [0.717, 1.165) is 52.0 Å². The molecule has 1 aliphatic rings. The van der Waals surface area contributed by atoms with Gasteiger partial charge in [-0.05, 0) is 53.0 Å².